The van der Waals surface area contributed by atoms with Crippen molar-refractivity contribution in [2.24, 2.45) is 16.9 Å². The van der Waals surface area contributed by atoms with Crippen molar-refractivity contribution in [3.8, 4) is 11.4 Å². The summed E-state index contributed by atoms with van der Waals surface area (Å²) < 4.78 is 0. The van der Waals surface area contributed by atoms with Gasteiger partial charge in [-0.3, -0.25) is 9.59 Å². The molecule has 1 aromatic carbocycles. The summed E-state index contributed by atoms with van der Waals surface area (Å²) in [7, 11) is 0. The average Bonchev–Trinajstić information content (AvgIpc) is 2.99. The van der Waals surface area contributed by atoms with Gasteiger partial charge in [-0.2, -0.15) is 0 Å². The number of nitrogens with one attached hydrogen (secondary N) is 6. The topological polar surface area (TPSA) is 210 Å². The molecule has 14 nitrogen and oxygen atoms in total. The van der Waals surface area contributed by atoms with Crippen molar-refractivity contribution in [1.29, 1.82) is 0 Å². The Morgan fingerprint density at radius 1 is 0.829 bits per heavy atom. The number of aromatic nitrogens is 4. The van der Waals surface area contributed by atoms with E-state index < -0.39 is 5.54 Å². The summed E-state index contributed by atoms with van der Waals surface area (Å²) in [4.78, 5) is 25.2. The van der Waals surface area contributed by atoms with E-state index >= 15 is 0 Å². The van der Waals surface area contributed by atoms with Gasteiger partial charge in [-0.25, -0.2) is 0 Å². The van der Waals surface area contributed by atoms with Gasteiger partial charge < -0.3 is 43.4 Å². The van der Waals surface area contributed by atoms with Crippen LogP contribution in [0.3, 0.4) is 0 Å². The molecule has 10 N–H and O–H groups in total. The monoisotopic (exact) mass is 570 g/mol. The lowest BCUT2D eigenvalue weighted by Gasteiger charge is -2.35. The van der Waals surface area contributed by atoms with E-state index in [-0.39, 0.29) is 36.6 Å². The molecule has 0 unspecified atom stereocenters. The number of carbonyl (C=O) groups excluding carboxylic acids is 2. The fourth-order valence-corrected chi connectivity index (χ4v) is 4.49. The Balaban J connectivity index is 1.40. The second kappa shape index (κ2) is 17.0. The molecule has 0 saturated carbocycles. The first-order valence-corrected chi connectivity index (χ1v) is 14.3. The van der Waals surface area contributed by atoms with Crippen LogP contribution in [-0.4, -0.2) is 103 Å². The molecule has 2 heterocycles. The second-order valence-corrected chi connectivity index (χ2v) is 11.0. The zero-order valence-electron chi connectivity index (χ0n) is 24.0. The minimum Gasteiger partial charge on any atom is -0.352 e. The van der Waals surface area contributed by atoms with Crippen LogP contribution in [-0.2, 0) is 16.1 Å². The molecule has 41 heavy (non-hydrogen) atoms. The molecule has 1 aliphatic rings. The molecule has 0 aliphatic carbocycles. The van der Waals surface area contributed by atoms with Gasteiger partial charge in [0, 0.05) is 95.8 Å². The van der Waals surface area contributed by atoms with Crippen LogP contribution in [0.4, 0.5) is 0 Å². The normalized spacial score (nSPS) is 22.8. The molecule has 0 atom stereocenters. The molecule has 0 radical (unpaired) electrons. The van der Waals surface area contributed by atoms with Crippen LogP contribution in [0.1, 0.15) is 31.7 Å². The minimum atomic E-state index is -0.627. The lowest BCUT2D eigenvalue weighted by atomic mass is 9.90. The van der Waals surface area contributed by atoms with E-state index in [2.05, 4.69) is 59.2 Å². The molecule has 1 aromatic heterocycles. The van der Waals surface area contributed by atoms with Crippen LogP contribution >= 0.6 is 0 Å². The van der Waals surface area contributed by atoms with E-state index in [1.165, 1.54) is 6.33 Å². The highest BCUT2D eigenvalue weighted by Crippen LogP contribution is 2.14. The Morgan fingerprint density at radius 3 is 1.95 bits per heavy atom. The quantitative estimate of drug-likeness (QED) is 0.154. The number of amides is 2. The molecule has 3 rings (SSSR count). The van der Waals surface area contributed by atoms with E-state index in [0.717, 1.165) is 50.4 Å². The summed E-state index contributed by atoms with van der Waals surface area (Å²) in [5.41, 5.74) is 13.3. The highest BCUT2D eigenvalue weighted by molar-refractivity contribution is 5.79. The average molecular weight is 571 g/mol. The van der Waals surface area contributed by atoms with Crippen LogP contribution in [0.2, 0.25) is 0 Å². The number of nitrogens with zero attached hydrogens (tertiary/aromatic N) is 4. The van der Waals surface area contributed by atoms with Crippen LogP contribution in [0.5, 0.6) is 0 Å². The Morgan fingerprint density at radius 2 is 1.39 bits per heavy atom. The number of nitrogens with two attached hydrogens (primary N) is 2. The Kier molecular flexibility index (Phi) is 13.4. The third-order valence-electron chi connectivity index (χ3n) is 7.19. The minimum absolute atomic E-state index is 0.00380. The number of hydrogen-bond acceptors (Lipinski definition) is 12. The SMILES string of the molecule is CC1(CN)CNCCNCC(CN)(NC(=O)CCCC(=O)NCc2ccc(-c3nncnn3)cc2)CNCCNC1. The van der Waals surface area contributed by atoms with Gasteiger partial charge in [0.25, 0.3) is 0 Å². The summed E-state index contributed by atoms with van der Waals surface area (Å²) in [6.07, 6.45) is 2.22. The van der Waals surface area contributed by atoms with Crippen molar-refractivity contribution >= 4 is 11.8 Å². The largest absolute Gasteiger partial charge is 0.352 e. The van der Waals surface area contributed by atoms with E-state index in [1.807, 2.05) is 24.3 Å². The van der Waals surface area contributed by atoms with Gasteiger partial charge in [-0.1, -0.05) is 31.2 Å². The molecule has 0 spiro atoms. The van der Waals surface area contributed by atoms with E-state index in [1.54, 1.807) is 0 Å². The molecule has 2 amide bonds. The fraction of sp³-hybridized carbons (Fsp3) is 0.630. The summed E-state index contributed by atoms with van der Waals surface area (Å²) in [6, 6.07) is 7.50. The summed E-state index contributed by atoms with van der Waals surface area (Å²) in [5.74, 6) is 0.212. The molecule has 226 valence electrons. The zero-order valence-corrected chi connectivity index (χ0v) is 24.0. The van der Waals surface area contributed by atoms with Gasteiger partial charge in [0.15, 0.2) is 6.33 Å². The van der Waals surface area contributed by atoms with Gasteiger partial charge in [0.1, 0.15) is 0 Å². The van der Waals surface area contributed by atoms with Gasteiger partial charge in [-0.15, -0.1) is 20.4 Å². The maximum atomic E-state index is 12.9. The molecule has 14 heteroatoms. The summed E-state index contributed by atoms with van der Waals surface area (Å²) in [6.45, 7) is 9.22. The van der Waals surface area contributed by atoms with Crippen molar-refractivity contribution in [1.82, 2.24) is 52.3 Å². The predicted octanol–water partition coefficient (Wildman–Crippen LogP) is -2.13. The number of carbonyl (C=O) groups is 2. The predicted molar refractivity (Wildman–Crippen MR) is 157 cm³/mol. The number of hydrogen-bond donors (Lipinski definition) is 8. The Hall–Kier alpha value is -3.14. The van der Waals surface area contributed by atoms with Crippen molar-refractivity contribution in [3.05, 3.63) is 36.2 Å². The van der Waals surface area contributed by atoms with E-state index in [0.29, 0.717) is 38.4 Å². The number of benzene rings is 1. The van der Waals surface area contributed by atoms with E-state index in [9.17, 15) is 9.59 Å². The molecule has 1 aliphatic heterocycles. The second-order valence-electron chi connectivity index (χ2n) is 11.0. The maximum absolute atomic E-state index is 12.9. The van der Waals surface area contributed by atoms with Crippen LogP contribution in [0.25, 0.3) is 11.4 Å². The first-order valence-electron chi connectivity index (χ1n) is 14.3. The maximum Gasteiger partial charge on any atom is 0.220 e. The molecular weight excluding hydrogens is 524 g/mol. The molecule has 2 aromatic rings. The van der Waals surface area contributed by atoms with Crippen molar-refractivity contribution in [3.63, 3.8) is 0 Å². The third kappa shape index (κ3) is 11.3. The van der Waals surface area contributed by atoms with Crippen LogP contribution < -0.4 is 43.4 Å². The van der Waals surface area contributed by atoms with Crippen molar-refractivity contribution < 1.29 is 9.59 Å². The highest BCUT2D eigenvalue weighted by atomic mass is 16.2. The van der Waals surface area contributed by atoms with Gasteiger partial charge in [-0.05, 0) is 12.0 Å². The Labute approximate surface area is 242 Å². The fourth-order valence-electron chi connectivity index (χ4n) is 4.49. The van der Waals surface area contributed by atoms with Crippen LogP contribution in [0, 0.1) is 5.41 Å². The van der Waals surface area contributed by atoms with Crippen molar-refractivity contribution in [2.45, 2.75) is 38.3 Å². The van der Waals surface area contributed by atoms with E-state index in [4.69, 9.17) is 11.5 Å². The summed E-state index contributed by atoms with van der Waals surface area (Å²) >= 11 is 0. The molecule has 1 fully saturated rings. The number of rotatable bonds is 10. The first-order chi connectivity index (χ1) is 19.9. The van der Waals surface area contributed by atoms with Gasteiger partial charge >= 0.3 is 0 Å². The van der Waals surface area contributed by atoms with Gasteiger partial charge in [0.05, 0.1) is 5.54 Å². The first kappa shape index (κ1) is 32.4. The zero-order chi connectivity index (χ0) is 29.4. The summed E-state index contributed by atoms with van der Waals surface area (Å²) in [5, 5.41) is 35.2. The third-order valence-corrected chi connectivity index (χ3v) is 7.19. The lowest BCUT2D eigenvalue weighted by molar-refractivity contribution is -0.123. The van der Waals surface area contributed by atoms with Gasteiger partial charge in [0.2, 0.25) is 17.6 Å². The Bertz CT molecular complexity index is 1040. The molecule has 0 bridgehead atoms. The highest BCUT2D eigenvalue weighted by Gasteiger charge is 2.30. The molecular formula is C27H46N12O2. The lowest BCUT2D eigenvalue weighted by Crippen LogP contribution is -2.65. The van der Waals surface area contributed by atoms with Crippen molar-refractivity contribution in [2.75, 3.05) is 65.4 Å². The smallest absolute Gasteiger partial charge is 0.220 e. The standard InChI is InChI=1S/C27H46N12O2/c1-26(14-28)16-30-9-11-32-18-27(15-29,19-33-12-10-31-17-26)37-24(41)4-2-3-23(40)34-13-21-5-7-22(8-6-21)25-38-35-20-36-39-25/h5-8,20,30-33H,2-4,9-19,28-29H2,1H3,(H,34,40)(H,37,41). The van der Waals surface area contributed by atoms with Crippen LogP contribution in [0.15, 0.2) is 30.6 Å². The molecule has 1 saturated heterocycles.